The molecule has 160 valence electrons. The van der Waals surface area contributed by atoms with E-state index < -0.39 is 10.0 Å². The zero-order valence-corrected chi connectivity index (χ0v) is 18.7. The lowest BCUT2D eigenvalue weighted by Crippen LogP contribution is -2.42. The summed E-state index contributed by atoms with van der Waals surface area (Å²) in [6.45, 7) is 6.13. The fourth-order valence-corrected chi connectivity index (χ4v) is 5.48. The zero-order valence-electron chi connectivity index (χ0n) is 17.1. The Kier molecular flexibility index (Phi) is 6.33. The molecule has 4 rings (SSSR count). The molecule has 1 aliphatic heterocycles. The Morgan fingerprint density at radius 1 is 1.30 bits per heavy atom. The van der Waals surface area contributed by atoms with Gasteiger partial charge in [0.2, 0.25) is 21.7 Å². The van der Waals surface area contributed by atoms with Crippen LogP contribution in [-0.4, -0.2) is 43.1 Å². The fraction of sp³-hybridized carbons (Fsp3) is 0.429. The van der Waals surface area contributed by atoms with Gasteiger partial charge in [-0.1, -0.05) is 28.9 Å². The SMILES string of the molecule is Cc1ccc(S(=O)(=O)NC[C@@H]2CCCN([C@H](C)c3nc(-c4cccs4)no3)C2)cc1. The lowest BCUT2D eigenvalue weighted by molar-refractivity contribution is 0.112. The summed E-state index contributed by atoms with van der Waals surface area (Å²) in [7, 11) is -3.50. The number of benzene rings is 1. The molecule has 7 nitrogen and oxygen atoms in total. The van der Waals surface area contributed by atoms with Gasteiger partial charge in [0.15, 0.2) is 0 Å². The number of hydrogen-bond donors (Lipinski definition) is 1. The van der Waals surface area contributed by atoms with E-state index in [-0.39, 0.29) is 12.0 Å². The number of sulfonamides is 1. The van der Waals surface area contributed by atoms with Crippen molar-refractivity contribution < 1.29 is 12.9 Å². The van der Waals surface area contributed by atoms with Crippen molar-refractivity contribution in [1.82, 2.24) is 19.8 Å². The van der Waals surface area contributed by atoms with Gasteiger partial charge in [-0.2, -0.15) is 4.98 Å². The molecule has 1 fully saturated rings. The summed E-state index contributed by atoms with van der Waals surface area (Å²) in [4.78, 5) is 8.15. The Morgan fingerprint density at radius 3 is 2.83 bits per heavy atom. The Morgan fingerprint density at radius 2 is 2.10 bits per heavy atom. The molecule has 3 heterocycles. The van der Waals surface area contributed by atoms with Crippen LogP contribution in [0.25, 0.3) is 10.7 Å². The van der Waals surface area contributed by atoms with Gasteiger partial charge in [0.1, 0.15) is 0 Å². The first kappa shape index (κ1) is 21.2. The number of thiophene rings is 1. The van der Waals surface area contributed by atoms with Crippen LogP contribution < -0.4 is 4.72 Å². The molecule has 0 bridgehead atoms. The lowest BCUT2D eigenvalue weighted by atomic mass is 9.97. The number of hydrogen-bond acceptors (Lipinski definition) is 7. The van der Waals surface area contributed by atoms with Crippen molar-refractivity contribution in [2.75, 3.05) is 19.6 Å². The van der Waals surface area contributed by atoms with Crippen molar-refractivity contribution in [2.24, 2.45) is 5.92 Å². The van der Waals surface area contributed by atoms with Crippen LogP contribution in [0.4, 0.5) is 0 Å². The Hall–Kier alpha value is -2.07. The normalized spacial score (nSPS) is 19.1. The van der Waals surface area contributed by atoms with Gasteiger partial charge in [0.25, 0.3) is 0 Å². The van der Waals surface area contributed by atoms with Crippen molar-refractivity contribution in [3.8, 4) is 10.7 Å². The molecule has 30 heavy (non-hydrogen) atoms. The van der Waals surface area contributed by atoms with Gasteiger partial charge in [-0.3, -0.25) is 4.90 Å². The van der Waals surface area contributed by atoms with E-state index in [0.717, 1.165) is 36.4 Å². The van der Waals surface area contributed by atoms with Gasteiger partial charge in [-0.25, -0.2) is 13.1 Å². The molecule has 1 aromatic carbocycles. The molecule has 2 aromatic heterocycles. The molecule has 0 saturated carbocycles. The van der Waals surface area contributed by atoms with Crippen molar-refractivity contribution in [1.29, 1.82) is 0 Å². The quantitative estimate of drug-likeness (QED) is 0.593. The van der Waals surface area contributed by atoms with Crippen molar-refractivity contribution in [3.05, 3.63) is 53.2 Å². The van der Waals surface area contributed by atoms with Gasteiger partial charge in [-0.05, 0) is 62.7 Å². The summed E-state index contributed by atoms with van der Waals surface area (Å²) in [5.41, 5.74) is 1.04. The van der Waals surface area contributed by atoms with Crippen LogP contribution in [0.1, 0.15) is 37.3 Å². The molecule has 0 unspecified atom stereocenters. The molecule has 0 amide bonds. The van der Waals surface area contributed by atoms with E-state index in [2.05, 4.69) is 26.7 Å². The minimum Gasteiger partial charge on any atom is -0.337 e. The van der Waals surface area contributed by atoms with Gasteiger partial charge in [0.05, 0.1) is 15.8 Å². The number of aromatic nitrogens is 2. The highest BCUT2D eigenvalue weighted by molar-refractivity contribution is 7.89. The van der Waals surface area contributed by atoms with Crippen LogP contribution in [0, 0.1) is 12.8 Å². The molecule has 0 radical (unpaired) electrons. The Bertz CT molecular complexity index is 1060. The van der Waals surface area contributed by atoms with Crippen LogP contribution in [0.3, 0.4) is 0 Å². The van der Waals surface area contributed by atoms with Gasteiger partial charge in [0, 0.05) is 13.1 Å². The number of piperidine rings is 1. The smallest absolute Gasteiger partial charge is 0.244 e. The van der Waals surface area contributed by atoms with Crippen molar-refractivity contribution >= 4 is 21.4 Å². The largest absolute Gasteiger partial charge is 0.337 e. The Labute approximate surface area is 181 Å². The number of nitrogens with one attached hydrogen (secondary N) is 1. The molecule has 2 atom stereocenters. The minimum absolute atomic E-state index is 0.0114. The molecule has 1 aliphatic rings. The van der Waals surface area contributed by atoms with E-state index >= 15 is 0 Å². The molecule has 1 N–H and O–H groups in total. The zero-order chi connectivity index (χ0) is 21.1. The third kappa shape index (κ3) is 4.80. The van der Waals surface area contributed by atoms with Crippen molar-refractivity contribution in [2.45, 2.75) is 37.6 Å². The van der Waals surface area contributed by atoms with Gasteiger partial charge >= 0.3 is 0 Å². The second kappa shape index (κ2) is 8.97. The van der Waals surface area contributed by atoms with Crippen LogP contribution in [0.2, 0.25) is 0 Å². The molecular formula is C21H26N4O3S2. The monoisotopic (exact) mass is 446 g/mol. The molecular weight excluding hydrogens is 420 g/mol. The lowest BCUT2D eigenvalue weighted by Gasteiger charge is -2.35. The maximum Gasteiger partial charge on any atom is 0.244 e. The van der Waals surface area contributed by atoms with Gasteiger partial charge in [-0.15, -0.1) is 11.3 Å². The van der Waals surface area contributed by atoms with Gasteiger partial charge < -0.3 is 4.52 Å². The van der Waals surface area contributed by atoms with E-state index in [0.29, 0.717) is 23.2 Å². The Balaban J connectivity index is 1.36. The highest BCUT2D eigenvalue weighted by Gasteiger charge is 2.28. The minimum atomic E-state index is -3.50. The number of rotatable bonds is 7. The second-order valence-corrected chi connectivity index (χ2v) is 10.5. The van der Waals surface area contributed by atoms with Crippen LogP contribution >= 0.6 is 11.3 Å². The first-order chi connectivity index (χ1) is 14.4. The third-order valence-corrected chi connectivity index (χ3v) is 7.84. The highest BCUT2D eigenvalue weighted by Crippen LogP contribution is 2.28. The molecule has 1 saturated heterocycles. The number of aryl methyl sites for hydroxylation is 1. The first-order valence-electron chi connectivity index (χ1n) is 10.1. The molecule has 0 aliphatic carbocycles. The van der Waals surface area contributed by atoms with Crippen LogP contribution in [0.5, 0.6) is 0 Å². The van der Waals surface area contributed by atoms with E-state index in [4.69, 9.17) is 4.52 Å². The van der Waals surface area contributed by atoms with Crippen LogP contribution in [-0.2, 0) is 10.0 Å². The molecule has 3 aromatic rings. The predicted molar refractivity (Wildman–Crippen MR) is 117 cm³/mol. The molecule has 9 heteroatoms. The van der Waals surface area contributed by atoms with E-state index in [9.17, 15) is 8.42 Å². The van der Waals surface area contributed by atoms with E-state index in [1.807, 2.05) is 36.6 Å². The molecule has 0 spiro atoms. The standard InChI is InChI=1S/C21H26N4O3S2/c1-15-7-9-18(10-8-15)30(26,27)22-13-17-5-3-11-25(14-17)16(2)21-23-20(24-28-21)19-6-4-12-29-19/h4,6-10,12,16-17,22H,3,5,11,13-14H2,1-2H3/t16-,17+/m1/s1. The average Bonchev–Trinajstić information content (AvgIpc) is 3.44. The highest BCUT2D eigenvalue weighted by atomic mass is 32.2. The average molecular weight is 447 g/mol. The maximum atomic E-state index is 12.6. The van der Waals surface area contributed by atoms with Crippen LogP contribution in [0.15, 0.2) is 51.2 Å². The summed E-state index contributed by atoms with van der Waals surface area (Å²) in [5.74, 6) is 1.45. The maximum absolute atomic E-state index is 12.6. The summed E-state index contributed by atoms with van der Waals surface area (Å²) in [6.07, 6.45) is 2.00. The van der Waals surface area contributed by atoms with Crippen molar-refractivity contribution in [3.63, 3.8) is 0 Å². The topological polar surface area (TPSA) is 88.3 Å². The first-order valence-corrected chi connectivity index (χ1v) is 12.5. The number of likely N-dealkylation sites (tertiary alicyclic amines) is 1. The van der Waals surface area contributed by atoms with E-state index in [1.54, 1.807) is 23.5 Å². The second-order valence-electron chi connectivity index (χ2n) is 7.78. The predicted octanol–water partition coefficient (Wildman–Crippen LogP) is 3.86. The van der Waals surface area contributed by atoms with E-state index in [1.165, 1.54) is 0 Å². The fourth-order valence-electron chi connectivity index (χ4n) is 3.71. The number of nitrogens with zero attached hydrogens (tertiary/aromatic N) is 3. The third-order valence-electron chi connectivity index (χ3n) is 5.53. The summed E-state index contributed by atoms with van der Waals surface area (Å²) >= 11 is 1.58. The summed E-state index contributed by atoms with van der Waals surface area (Å²) < 4.78 is 33.5. The summed E-state index contributed by atoms with van der Waals surface area (Å²) in [6, 6.07) is 10.8. The summed E-state index contributed by atoms with van der Waals surface area (Å²) in [5, 5.41) is 6.10.